The largest absolute Gasteiger partial charge is 0.464 e. The van der Waals surface area contributed by atoms with Crippen LogP contribution in [0.5, 0.6) is 0 Å². The van der Waals surface area contributed by atoms with Crippen LogP contribution < -0.4 is 5.32 Å². The topological polar surface area (TPSA) is 82.5 Å². The number of rotatable bonds is 2. The van der Waals surface area contributed by atoms with Crippen LogP contribution in [0.3, 0.4) is 0 Å². The van der Waals surface area contributed by atoms with Crippen molar-refractivity contribution in [3.8, 4) is 0 Å². The minimum Gasteiger partial charge on any atom is -0.464 e. The third-order valence-corrected chi connectivity index (χ3v) is 2.35. The van der Waals surface area contributed by atoms with Crippen LogP contribution in [0.15, 0.2) is 0 Å². The van der Waals surface area contributed by atoms with Gasteiger partial charge in [-0.1, -0.05) is 0 Å². The summed E-state index contributed by atoms with van der Waals surface area (Å²) in [7, 11) is 2.00. The second kappa shape index (κ2) is 5.85. The first-order valence-corrected chi connectivity index (χ1v) is 6.09. The first-order valence-electron chi connectivity index (χ1n) is 6.09. The number of anilines is 1. The van der Waals surface area contributed by atoms with Crippen LogP contribution in [0.4, 0.5) is 23.8 Å². The number of hydrogen-bond donors (Lipinski definition) is 1. The van der Waals surface area contributed by atoms with Crippen molar-refractivity contribution in [2.24, 2.45) is 7.05 Å². The SMILES string of the molecule is COC(=O)c1nc(C(F)(F)F)n(C)c1NC(=O)OC(C)(C)C. The predicted molar refractivity (Wildman–Crippen MR) is 69.4 cm³/mol. The molecule has 1 aromatic heterocycles. The Hall–Kier alpha value is -2.26. The summed E-state index contributed by atoms with van der Waals surface area (Å²) in [6.45, 7) is 4.74. The van der Waals surface area contributed by atoms with E-state index in [1.165, 1.54) is 0 Å². The van der Waals surface area contributed by atoms with Crippen molar-refractivity contribution in [3.05, 3.63) is 11.5 Å². The van der Waals surface area contributed by atoms with Crippen molar-refractivity contribution in [1.82, 2.24) is 9.55 Å². The lowest BCUT2D eigenvalue weighted by Gasteiger charge is -2.20. The van der Waals surface area contributed by atoms with Gasteiger partial charge in [-0.3, -0.25) is 5.32 Å². The molecule has 0 aliphatic rings. The van der Waals surface area contributed by atoms with Gasteiger partial charge in [0.2, 0.25) is 5.82 Å². The molecule has 0 unspecified atom stereocenters. The highest BCUT2D eigenvalue weighted by Gasteiger charge is 2.39. The molecule has 0 spiro atoms. The molecule has 1 N–H and O–H groups in total. The zero-order chi connectivity index (χ0) is 17.3. The molecule has 1 rings (SSSR count). The molecule has 0 aliphatic carbocycles. The van der Waals surface area contributed by atoms with Gasteiger partial charge in [0.1, 0.15) is 5.60 Å². The number of aromatic nitrogens is 2. The number of halogens is 3. The monoisotopic (exact) mass is 323 g/mol. The molecule has 0 radical (unpaired) electrons. The van der Waals surface area contributed by atoms with Crippen molar-refractivity contribution in [3.63, 3.8) is 0 Å². The fourth-order valence-electron chi connectivity index (χ4n) is 1.53. The van der Waals surface area contributed by atoms with Gasteiger partial charge in [0.15, 0.2) is 11.5 Å². The Labute approximate surface area is 124 Å². The number of carbonyl (C=O) groups is 2. The molecular formula is C12H16F3N3O4. The number of alkyl halides is 3. The van der Waals surface area contributed by atoms with Crippen LogP contribution in [-0.4, -0.2) is 34.3 Å². The fraction of sp³-hybridized carbons (Fsp3) is 0.583. The smallest absolute Gasteiger partial charge is 0.449 e. The number of imidazole rings is 1. The molecule has 10 heteroatoms. The Kier molecular flexibility index (Phi) is 4.73. The molecule has 0 saturated carbocycles. The van der Waals surface area contributed by atoms with E-state index in [1.807, 2.05) is 0 Å². The summed E-state index contributed by atoms with van der Waals surface area (Å²) in [6.07, 6.45) is -5.82. The summed E-state index contributed by atoms with van der Waals surface area (Å²) in [5.74, 6) is -2.93. The Bertz CT molecular complexity index is 588. The van der Waals surface area contributed by atoms with Gasteiger partial charge in [0.25, 0.3) is 0 Å². The van der Waals surface area contributed by atoms with Crippen LogP contribution in [0, 0.1) is 0 Å². The number of nitrogens with zero attached hydrogens (tertiary/aromatic N) is 2. The molecule has 1 heterocycles. The predicted octanol–water partition coefficient (Wildman–Crippen LogP) is 2.57. The number of carbonyl (C=O) groups excluding carboxylic acids is 2. The maximum Gasteiger partial charge on any atom is 0.449 e. The first kappa shape index (κ1) is 17.8. The number of nitrogens with one attached hydrogen (secondary N) is 1. The van der Waals surface area contributed by atoms with Gasteiger partial charge in [-0.2, -0.15) is 13.2 Å². The quantitative estimate of drug-likeness (QED) is 0.846. The van der Waals surface area contributed by atoms with E-state index in [2.05, 4.69) is 15.0 Å². The molecular weight excluding hydrogens is 307 g/mol. The lowest BCUT2D eigenvalue weighted by Crippen LogP contribution is -2.28. The van der Waals surface area contributed by atoms with Crippen molar-refractivity contribution >= 4 is 17.9 Å². The summed E-state index contributed by atoms with van der Waals surface area (Å²) < 4.78 is 48.4. The number of ether oxygens (including phenoxy) is 2. The van der Waals surface area contributed by atoms with Crippen molar-refractivity contribution in [2.45, 2.75) is 32.5 Å². The van der Waals surface area contributed by atoms with E-state index in [0.717, 1.165) is 14.2 Å². The van der Waals surface area contributed by atoms with E-state index in [1.54, 1.807) is 20.8 Å². The minimum absolute atomic E-state index is 0.464. The molecule has 0 aromatic carbocycles. The average Bonchev–Trinajstić information content (AvgIpc) is 2.63. The number of esters is 1. The van der Waals surface area contributed by atoms with E-state index in [-0.39, 0.29) is 0 Å². The average molecular weight is 323 g/mol. The van der Waals surface area contributed by atoms with E-state index in [9.17, 15) is 22.8 Å². The molecule has 0 saturated heterocycles. The lowest BCUT2D eigenvalue weighted by molar-refractivity contribution is -0.146. The van der Waals surface area contributed by atoms with Crippen LogP contribution in [0.1, 0.15) is 37.1 Å². The highest BCUT2D eigenvalue weighted by Crippen LogP contribution is 2.32. The summed E-state index contributed by atoms with van der Waals surface area (Å²) in [4.78, 5) is 26.4. The van der Waals surface area contributed by atoms with Crippen LogP contribution in [0.2, 0.25) is 0 Å². The Morgan fingerprint density at radius 3 is 2.18 bits per heavy atom. The Morgan fingerprint density at radius 1 is 1.23 bits per heavy atom. The molecule has 0 aliphatic heterocycles. The van der Waals surface area contributed by atoms with Crippen molar-refractivity contribution in [2.75, 3.05) is 12.4 Å². The van der Waals surface area contributed by atoms with Gasteiger partial charge >= 0.3 is 18.2 Å². The highest BCUT2D eigenvalue weighted by atomic mass is 19.4. The third kappa shape index (κ3) is 4.12. The molecule has 1 aromatic rings. The molecule has 0 atom stereocenters. The Morgan fingerprint density at radius 2 is 1.77 bits per heavy atom. The summed E-state index contributed by atoms with van der Waals surface area (Å²) in [5, 5.41) is 2.08. The van der Waals surface area contributed by atoms with E-state index in [0.29, 0.717) is 4.57 Å². The number of methoxy groups -OCH3 is 1. The molecule has 124 valence electrons. The number of hydrogen-bond acceptors (Lipinski definition) is 5. The molecule has 0 fully saturated rings. The van der Waals surface area contributed by atoms with Gasteiger partial charge in [-0.15, -0.1) is 0 Å². The van der Waals surface area contributed by atoms with E-state index < -0.39 is 41.2 Å². The zero-order valence-corrected chi connectivity index (χ0v) is 12.7. The maximum absolute atomic E-state index is 12.8. The summed E-state index contributed by atoms with van der Waals surface area (Å²) >= 11 is 0. The van der Waals surface area contributed by atoms with Gasteiger partial charge in [-0.05, 0) is 20.8 Å². The second-order valence-electron chi connectivity index (χ2n) is 5.31. The minimum atomic E-state index is -4.80. The highest BCUT2D eigenvalue weighted by molar-refractivity contribution is 5.97. The van der Waals surface area contributed by atoms with Gasteiger partial charge in [-0.25, -0.2) is 14.6 Å². The van der Waals surface area contributed by atoms with Crippen molar-refractivity contribution < 1.29 is 32.2 Å². The van der Waals surface area contributed by atoms with Crippen LogP contribution >= 0.6 is 0 Å². The summed E-state index contributed by atoms with van der Waals surface area (Å²) in [6, 6.07) is 0. The van der Waals surface area contributed by atoms with Gasteiger partial charge < -0.3 is 14.0 Å². The normalized spacial score (nSPS) is 12.0. The summed E-state index contributed by atoms with van der Waals surface area (Å²) in [5.41, 5.74) is -1.52. The first-order chi connectivity index (χ1) is 9.86. The second-order valence-corrected chi connectivity index (χ2v) is 5.31. The zero-order valence-electron chi connectivity index (χ0n) is 12.7. The van der Waals surface area contributed by atoms with Gasteiger partial charge in [0.05, 0.1) is 7.11 Å². The third-order valence-electron chi connectivity index (χ3n) is 2.35. The van der Waals surface area contributed by atoms with Crippen molar-refractivity contribution in [1.29, 1.82) is 0 Å². The van der Waals surface area contributed by atoms with Gasteiger partial charge in [0, 0.05) is 7.05 Å². The standard InChI is InChI=1S/C12H16F3N3O4/c1-11(2,3)22-10(20)17-7-6(8(19)21-5)16-9(18(7)4)12(13,14)15/h1-5H3,(H,17,20). The van der Waals surface area contributed by atoms with Crippen LogP contribution in [0.25, 0.3) is 0 Å². The molecule has 22 heavy (non-hydrogen) atoms. The fourth-order valence-corrected chi connectivity index (χ4v) is 1.53. The molecule has 7 nitrogen and oxygen atoms in total. The Balaban J connectivity index is 3.24. The van der Waals surface area contributed by atoms with E-state index >= 15 is 0 Å². The lowest BCUT2D eigenvalue weighted by atomic mass is 10.2. The van der Waals surface area contributed by atoms with E-state index in [4.69, 9.17) is 4.74 Å². The van der Waals surface area contributed by atoms with Crippen LogP contribution in [-0.2, 0) is 22.7 Å². The molecule has 0 bridgehead atoms. The molecule has 1 amide bonds. The maximum atomic E-state index is 12.8. The number of amides is 1.